The summed E-state index contributed by atoms with van der Waals surface area (Å²) >= 11 is 3.37. The van der Waals surface area contributed by atoms with E-state index in [1.807, 2.05) is 6.07 Å². The maximum Gasteiger partial charge on any atom is 0.263 e. The Labute approximate surface area is 222 Å². The molecule has 3 heterocycles. The number of anilines is 3. The van der Waals surface area contributed by atoms with Crippen molar-refractivity contribution in [1.29, 1.82) is 5.26 Å². The van der Waals surface area contributed by atoms with Crippen LogP contribution in [-0.2, 0) is 0 Å². The summed E-state index contributed by atoms with van der Waals surface area (Å²) in [5.41, 5.74) is 7.35. The fourth-order valence-electron chi connectivity index (χ4n) is 5.18. The zero-order valence-electron chi connectivity index (χ0n) is 19.5. The molecule has 0 aliphatic carbocycles. The summed E-state index contributed by atoms with van der Waals surface area (Å²) < 4.78 is 2.34. The fraction of sp³-hybridized carbons (Fsp3) is 0. The largest absolute Gasteiger partial charge is 0.309 e. The molecule has 0 N–H and O–H groups in total. The molecule has 0 spiro atoms. The molecule has 7 rings (SSSR count). The van der Waals surface area contributed by atoms with Crippen molar-refractivity contribution < 1.29 is 0 Å². The second-order valence-corrected chi connectivity index (χ2v) is 11.0. The Kier molecular flexibility index (Phi) is 4.94. The number of benzene rings is 4. The predicted molar refractivity (Wildman–Crippen MR) is 157 cm³/mol. The van der Waals surface area contributed by atoms with Crippen LogP contribution in [0.15, 0.2) is 103 Å². The quantitative estimate of drug-likeness (QED) is 0.176. The van der Waals surface area contributed by atoms with E-state index in [1.165, 1.54) is 53.1 Å². The van der Waals surface area contributed by atoms with Crippen molar-refractivity contribution in [2.24, 2.45) is 0 Å². The van der Waals surface area contributed by atoms with E-state index in [4.69, 9.17) is 11.8 Å². The number of nitrogens with zero attached hydrogens (tertiary/aromatic N) is 3. The first-order valence-corrected chi connectivity index (χ1v) is 13.4. The highest BCUT2D eigenvalue weighted by molar-refractivity contribution is 7.29. The van der Waals surface area contributed by atoms with Gasteiger partial charge in [0, 0.05) is 35.8 Å². The lowest BCUT2D eigenvalue weighted by molar-refractivity contribution is 1.28. The third-order valence-corrected chi connectivity index (χ3v) is 8.99. The Balaban J connectivity index is 1.43. The first kappa shape index (κ1) is 21.6. The molecular formula is C32H17N3S2. The first-order chi connectivity index (χ1) is 18.2. The number of hydrogen-bond donors (Lipinski definition) is 0. The van der Waals surface area contributed by atoms with Gasteiger partial charge in [0.25, 0.3) is 5.70 Å². The zero-order valence-corrected chi connectivity index (χ0v) is 21.1. The van der Waals surface area contributed by atoms with Gasteiger partial charge in [-0.2, -0.15) is 0 Å². The summed E-state index contributed by atoms with van der Waals surface area (Å²) in [4.78, 5) is 7.81. The molecule has 0 radical (unpaired) electrons. The minimum Gasteiger partial charge on any atom is -0.309 e. The standard InChI is InChI=1S/C32H17N3S2/c1-34-20(19-33)16-22-17-30-31(36-22)18-29(37-30)24-14-15-28-32-25(11-7-12-26(24)32)23-10-5-6-13-27(23)35(28)21-8-3-2-4-9-21/h2-18H/b20-16-. The molecule has 5 heteroatoms. The van der Waals surface area contributed by atoms with Gasteiger partial charge in [-0.1, -0.05) is 60.7 Å². The molecule has 0 bridgehead atoms. The van der Waals surface area contributed by atoms with Gasteiger partial charge in [-0.05, 0) is 59.0 Å². The summed E-state index contributed by atoms with van der Waals surface area (Å²) in [6, 6.07) is 36.6. The topological polar surface area (TPSA) is 31.4 Å². The normalized spacial score (nSPS) is 12.4. The molecule has 6 aromatic rings. The average molecular weight is 508 g/mol. The number of para-hydroxylation sites is 2. The number of thiophene rings is 2. The smallest absolute Gasteiger partial charge is 0.263 e. The zero-order chi connectivity index (χ0) is 24.9. The van der Waals surface area contributed by atoms with Gasteiger partial charge in [0.1, 0.15) is 0 Å². The molecule has 0 unspecified atom stereocenters. The van der Waals surface area contributed by atoms with E-state index >= 15 is 0 Å². The Morgan fingerprint density at radius 1 is 0.784 bits per heavy atom. The lowest BCUT2D eigenvalue weighted by Gasteiger charge is -2.33. The van der Waals surface area contributed by atoms with Crippen LogP contribution in [0.1, 0.15) is 4.88 Å². The molecule has 0 atom stereocenters. The van der Waals surface area contributed by atoms with Gasteiger partial charge in [0.05, 0.1) is 24.0 Å². The Morgan fingerprint density at radius 3 is 2.38 bits per heavy atom. The van der Waals surface area contributed by atoms with E-state index in [0.29, 0.717) is 0 Å². The highest BCUT2D eigenvalue weighted by Gasteiger charge is 2.26. The monoisotopic (exact) mass is 507 g/mol. The van der Waals surface area contributed by atoms with Gasteiger partial charge >= 0.3 is 0 Å². The van der Waals surface area contributed by atoms with Gasteiger partial charge in [-0.15, -0.1) is 22.7 Å². The molecule has 172 valence electrons. The molecule has 1 aliphatic rings. The fourth-order valence-corrected chi connectivity index (χ4v) is 7.56. The average Bonchev–Trinajstić information content (AvgIpc) is 3.51. The molecular weight excluding hydrogens is 491 g/mol. The van der Waals surface area contributed by atoms with Crippen molar-refractivity contribution in [2.75, 3.05) is 4.90 Å². The number of nitriles is 1. The van der Waals surface area contributed by atoms with Crippen molar-refractivity contribution in [2.45, 2.75) is 0 Å². The van der Waals surface area contributed by atoms with E-state index in [0.717, 1.165) is 10.6 Å². The highest BCUT2D eigenvalue weighted by Crippen LogP contribution is 2.53. The van der Waals surface area contributed by atoms with Gasteiger partial charge < -0.3 is 4.90 Å². The number of hydrogen-bond acceptors (Lipinski definition) is 4. The molecule has 3 nitrogen and oxygen atoms in total. The summed E-state index contributed by atoms with van der Waals surface area (Å²) in [6.45, 7) is 7.14. The van der Waals surface area contributed by atoms with E-state index in [-0.39, 0.29) is 5.70 Å². The molecule has 0 saturated heterocycles. The van der Waals surface area contributed by atoms with E-state index < -0.39 is 0 Å². The summed E-state index contributed by atoms with van der Waals surface area (Å²) in [6.07, 6.45) is 1.67. The van der Waals surface area contributed by atoms with Crippen LogP contribution in [0, 0.1) is 17.9 Å². The molecule has 0 amide bonds. The first-order valence-electron chi connectivity index (χ1n) is 11.8. The van der Waals surface area contributed by atoms with Gasteiger partial charge in [-0.3, -0.25) is 0 Å². The number of allylic oxidation sites excluding steroid dienone is 1. The van der Waals surface area contributed by atoms with Crippen molar-refractivity contribution in [3.8, 4) is 27.6 Å². The highest BCUT2D eigenvalue weighted by atomic mass is 32.1. The third-order valence-electron chi connectivity index (χ3n) is 6.71. The van der Waals surface area contributed by atoms with Crippen LogP contribution in [0.4, 0.5) is 17.1 Å². The number of fused-ring (bicyclic) bond motifs is 3. The number of rotatable bonds is 3. The van der Waals surface area contributed by atoms with Crippen LogP contribution in [0.5, 0.6) is 0 Å². The second kappa shape index (κ2) is 8.47. The summed E-state index contributed by atoms with van der Waals surface area (Å²) in [7, 11) is 0. The molecule has 37 heavy (non-hydrogen) atoms. The predicted octanol–water partition coefficient (Wildman–Crippen LogP) is 10.0. The second-order valence-electron chi connectivity index (χ2n) is 8.79. The SMILES string of the molecule is [C-]#[N+]/C(C#N)=C\c1cc2sc(-c3ccc4c5c(cccc35)-c3ccccc3N4c3ccccc3)cc2s1. The lowest BCUT2D eigenvalue weighted by atomic mass is 9.89. The van der Waals surface area contributed by atoms with Crippen molar-refractivity contribution in [3.05, 3.63) is 119 Å². The van der Waals surface area contributed by atoms with Gasteiger partial charge in [-0.25, -0.2) is 10.1 Å². The molecule has 2 aromatic heterocycles. The maximum atomic E-state index is 9.10. The Morgan fingerprint density at radius 2 is 1.57 bits per heavy atom. The van der Waals surface area contributed by atoms with Crippen LogP contribution >= 0.6 is 22.7 Å². The molecule has 1 aliphatic heterocycles. The van der Waals surface area contributed by atoms with E-state index in [2.05, 4.69) is 107 Å². The van der Waals surface area contributed by atoms with Gasteiger partial charge in [0.15, 0.2) is 0 Å². The minimum atomic E-state index is 0.112. The lowest BCUT2D eigenvalue weighted by Crippen LogP contribution is -2.14. The van der Waals surface area contributed by atoms with Crippen LogP contribution < -0.4 is 4.90 Å². The summed E-state index contributed by atoms with van der Waals surface area (Å²) in [5, 5.41) is 11.6. The molecule has 4 aromatic carbocycles. The molecule has 0 fully saturated rings. The van der Waals surface area contributed by atoms with Crippen LogP contribution in [-0.4, -0.2) is 0 Å². The van der Waals surface area contributed by atoms with Crippen LogP contribution in [0.3, 0.4) is 0 Å². The van der Waals surface area contributed by atoms with E-state index in [9.17, 15) is 0 Å². The van der Waals surface area contributed by atoms with Crippen LogP contribution in [0.2, 0.25) is 0 Å². The maximum absolute atomic E-state index is 9.10. The van der Waals surface area contributed by atoms with Gasteiger partial charge in [0.2, 0.25) is 0 Å². The van der Waals surface area contributed by atoms with E-state index in [1.54, 1.807) is 28.7 Å². The van der Waals surface area contributed by atoms with Crippen molar-refractivity contribution >= 4 is 66.0 Å². The van der Waals surface area contributed by atoms with Crippen molar-refractivity contribution in [1.82, 2.24) is 0 Å². The molecule has 0 saturated carbocycles. The Bertz CT molecular complexity index is 1920. The minimum absolute atomic E-state index is 0.112. The Hall–Kier alpha value is -4.68. The van der Waals surface area contributed by atoms with Crippen molar-refractivity contribution in [3.63, 3.8) is 0 Å². The summed E-state index contributed by atoms with van der Waals surface area (Å²) in [5.74, 6) is 0. The third kappa shape index (κ3) is 3.37. The van der Waals surface area contributed by atoms with Crippen LogP contribution in [0.25, 0.3) is 52.7 Å².